The summed E-state index contributed by atoms with van der Waals surface area (Å²) in [5.74, 6) is 0.274. The third kappa shape index (κ3) is 5.09. The van der Waals surface area contributed by atoms with Crippen LogP contribution in [0.5, 0.6) is 17.2 Å². The molecular formula is C15H13N5O6S. The number of rotatable bonds is 7. The predicted octanol–water partition coefficient (Wildman–Crippen LogP) is 2.47. The van der Waals surface area contributed by atoms with Crippen LogP contribution in [0.4, 0.5) is 11.4 Å². The highest BCUT2D eigenvalue weighted by molar-refractivity contribution is 7.80. The molecule has 2 aromatic rings. The van der Waals surface area contributed by atoms with Crippen molar-refractivity contribution in [2.75, 3.05) is 7.11 Å². The lowest BCUT2D eigenvalue weighted by molar-refractivity contribution is -0.394. The predicted molar refractivity (Wildman–Crippen MR) is 100 cm³/mol. The molecule has 0 aromatic heterocycles. The van der Waals surface area contributed by atoms with Crippen molar-refractivity contribution >= 4 is 34.9 Å². The smallest absolute Gasteiger partial charge is 0.318 e. The number of nitrogens with two attached hydrogens (primary N) is 1. The van der Waals surface area contributed by atoms with Crippen LogP contribution in [0.25, 0.3) is 0 Å². The summed E-state index contributed by atoms with van der Waals surface area (Å²) in [6.45, 7) is 0. The topological polar surface area (TPSA) is 155 Å². The average Bonchev–Trinajstić information content (AvgIpc) is 2.62. The number of nitrogens with one attached hydrogen (secondary N) is 1. The second kappa shape index (κ2) is 8.53. The lowest BCUT2D eigenvalue weighted by atomic mass is 10.2. The van der Waals surface area contributed by atoms with Crippen molar-refractivity contribution in [3.8, 4) is 17.2 Å². The number of nitro groups is 2. The van der Waals surface area contributed by atoms with E-state index in [9.17, 15) is 20.2 Å². The van der Waals surface area contributed by atoms with Crippen molar-refractivity contribution in [1.29, 1.82) is 0 Å². The zero-order valence-corrected chi connectivity index (χ0v) is 14.6. The summed E-state index contributed by atoms with van der Waals surface area (Å²) in [4.78, 5) is 20.5. The first kappa shape index (κ1) is 19.5. The Morgan fingerprint density at radius 1 is 1.15 bits per heavy atom. The van der Waals surface area contributed by atoms with Crippen LogP contribution in [-0.4, -0.2) is 28.3 Å². The molecule has 0 heterocycles. The summed E-state index contributed by atoms with van der Waals surface area (Å²) in [7, 11) is 1.39. The van der Waals surface area contributed by atoms with E-state index in [2.05, 4.69) is 22.7 Å². The first-order chi connectivity index (χ1) is 12.8. The van der Waals surface area contributed by atoms with Crippen molar-refractivity contribution in [3.05, 3.63) is 62.2 Å². The van der Waals surface area contributed by atoms with Gasteiger partial charge in [0.1, 0.15) is 0 Å². The summed E-state index contributed by atoms with van der Waals surface area (Å²) in [6.07, 6.45) is 1.43. The van der Waals surface area contributed by atoms with Crippen LogP contribution in [0.1, 0.15) is 5.56 Å². The van der Waals surface area contributed by atoms with Crippen molar-refractivity contribution in [3.63, 3.8) is 0 Å². The van der Waals surface area contributed by atoms with E-state index >= 15 is 0 Å². The maximum Gasteiger partial charge on any atom is 0.318 e. The van der Waals surface area contributed by atoms with Gasteiger partial charge in [0.15, 0.2) is 16.6 Å². The van der Waals surface area contributed by atoms with Crippen LogP contribution in [0, 0.1) is 20.2 Å². The van der Waals surface area contributed by atoms with E-state index in [0.29, 0.717) is 5.56 Å². The quantitative estimate of drug-likeness (QED) is 0.313. The van der Waals surface area contributed by atoms with Gasteiger partial charge in [0, 0.05) is 6.07 Å². The number of hydrogen-bond donors (Lipinski definition) is 2. The fraction of sp³-hybridized carbons (Fsp3) is 0.0667. The number of nitro benzene ring substituents is 2. The van der Waals surface area contributed by atoms with Crippen LogP contribution in [-0.2, 0) is 0 Å². The molecule has 0 radical (unpaired) electrons. The molecule has 12 heteroatoms. The molecule has 11 nitrogen and oxygen atoms in total. The maximum atomic E-state index is 11.2. The molecule has 0 atom stereocenters. The minimum atomic E-state index is -0.767. The first-order valence-corrected chi connectivity index (χ1v) is 7.60. The lowest BCUT2D eigenvalue weighted by Crippen LogP contribution is -2.23. The van der Waals surface area contributed by atoms with E-state index in [0.717, 1.165) is 18.2 Å². The van der Waals surface area contributed by atoms with Gasteiger partial charge in [0.25, 0.3) is 5.69 Å². The molecule has 0 amide bonds. The van der Waals surface area contributed by atoms with Crippen LogP contribution < -0.4 is 20.6 Å². The number of ether oxygens (including phenoxy) is 2. The van der Waals surface area contributed by atoms with Crippen LogP contribution in [0.15, 0.2) is 41.5 Å². The monoisotopic (exact) mass is 391 g/mol. The number of non-ortho nitro benzene ring substituents is 1. The minimum Gasteiger partial charge on any atom is -0.493 e. The standard InChI is InChI=1S/C15H13N5O6S/c1-25-14-6-9(8-17-18-15(16)27)2-4-13(14)26-12-5-3-10(19(21)22)7-11(12)20(23)24/h2-8H,1H3,(H3,16,18,27)/b17-8+. The highest BCUT2D eigenvalue weighted by Crippen LogP contribution is 2.38. The summed E-state index contributed by atoms with van der Waals surface area (Å²) in [5, 5.41) is 25.8. The molecule has 0 saturated heterocycles. The van der Waals surface area contributed by atoms with Gasteiger partial charge in [-0.3, -0.25) is 25.7 Å². The molecule has 140 valence electrons. The highest BCUT2D eigenvalue weighted by atomic mass is 32.1. The van der Waals surface area contributed by atoms with E-state index in [-0.39, 0.29) is 22.4 Å². The van der Waals surface area contributed by atoms with Gasteiger partial charge in [-0.25, -0.2) is 0 Å². The third-order valence-electron chi connectivity index (χ3n) is 3.15. The fourth-order valence-corrected chi connectivity index (χ4v) is 2.04. The fourth-order valence-electron chi connectivity index (χ4n) is 1.99. The van der Waals surface area contributed by atoms with Crippen molar-refractivity contribution in [2.45, 2.75) is 0 Å². The number of hydrazone groups is 1. The van der Waals surface area contributed by atoms with E-state index in [1.807, 2.05) is 0 Å². The van der Waals surface area contributed by atoms with E-state index in [1.54, 1.807) is 12.1 Å². The molecule has 0 aliphatic carbocycles. The Morgan fingerprint density at radius 2 is 1.85 bits per heavy atom. The molecule has 27 heavy (non-hydrogen) atoms. The Kier molecular flexibility index (Phi) is 6.17. The second-order valence-corrected chi connectivity index (χ2v) is 5.35. The van der Waals surface area contributed by atoms with Crippen LogP contribution in [0.2, 0.25) is 0 Å². The average molecular weight is 391 g/mol. The van der Waals surface area contributed by atoms with Gasteiger partial charge in [0.05, 0.1) is 29.2 Å². The lowest BCUT2D eigenvalue weighted by Gasteiger charge is -2.11. The SMILES string of the molecule is COc1cc(/C=N/NC(N)=S)ccc1Oc1ccc([N+](=O)[O-])cc1[N+](=O)[O-]. The molecule has 0 aliphatic rings. The molecule has 3 N–H and O–H groups in total. The van der Waals surface area contributed by atoms with Gasteiger partial charge in [-0.05, 0) is 42.0 Å². The largest absolute Gasteiger partial charge is 0.493 e. The Balaban J connectivity index is 2.34. The molecule has 0 spiro atoms. The number of benzene rings is 2. The molecule has 0 saturated carbocycles. The van der Waals surface area contributed by atoms with Crippen LogP contribution in [0.3, 0.4) is 0 Å². The minimum absolute atomic E-state index is 0.00338. The Labute approximate surface area is 157 Å². The third-order valence-corrected chi connectivity index (χ3v) is 3.24. The van der Waals surface area contributed by atoms with Gasteiger partial charge in [0.2, 0.25) is 5.75 Å². The number of hydrogen-bond acceptors (Lipinski definition) is 8. The van der Waals surface area contributed by atoms with Gasteiger partial charge >= 0.3 is 5.69 Å². The van der Waals surface area contributed by atoms with Crippen molar-refractivity contribution in [2.24, 2.45) is 10.8 Å². The molecule has 0 fully saturated rings. The van der Waals surface area contributed by atoms with Gasteiger partial charge in [-0.15, -0.1) is 0 Å². The van der Waals surface area contributed by atoms with E-state index < -0.39 is 21.2 Å². The Morgan fingerprint density at radius 3 is 2.44 bits per heavy atom. The van der Waals surface area contributed by atoms with Gasteiger partial charge < -0.3 is 15.2 Å². The number of thiocarbonyl (C=S) groups is 1. The zero-order chi connectivity index (χ0) is 20.0. The van der Waals surface area contributed by atoms with Crippen molar-refractivity contribution < 1.29 is 19.3 Å². The normalized spacial score (nSPS) is 10.4. The molecule has 0 aliphatic heterocycles. The van der Waals surface area contributed by atoms with Gasteiger partial charge in [-0.2, -0.15) is 5.10 Å². The molecular weight excluding hydrogens is 378 g/mol. The molecule has 2 rings (SSSR count). The number of methoxy groups -OCH3 is 1. The summed E-state index contributed by atoms with van der Waals surface area (Å²) < 4.78 is 10.7. The van der Waals surface area contributed by atoms with E-state index in [4.69, 9.17) is 15.2 Å². The van der Waals surface area contributed by atoms with Crippen LogP contribution >= 0.6 is 12.2 Å². The summed E-state index contributed by atoms with van der Waals surface area (Å²) in [6, 6.07) is 7.77. The number of nitrogens with zero attached hydrogens (tertiary/aromatic N) is 3. The molecule has 0 bridgehead atoms. The molecule has 2 aromatic carbocycles. The zero-order valence-electron chi connectivity index (χ0n) is 13.8. The molecule has 0 unspecified atom stereocenters. The second-order valence-electron chi connectivity index (χ2n) is 4.91. The Bertz CT molecular complexity index is 933. The van der Waals surface area contributed by atoms with Crippen molar-refractivity contribution in [1.82, 2.24) is 5.43 Å². The van der Waals surface area contributed by atoms with E-state index in [1.165, 1.54) is 19.4 Å². The highest BCUT2D eigenvalue weighted by Gasteiger charge is 2.22. The van der Waals surface area contributed by atoms with Gasteiger partial charge in [-0.1, -0.05) is 0 Å². The Hall–Kier alpha value is -3.80. The maximum absolute atomic E-state index is 11.2. The summed E-state index contributed by atoms with van der Waals surface area (Å²) >= 11 is 4.62. The summed E-state index contributed by atoms with van der Waals surface area (Å²) in [5.41, 5.74) is 7.30. The first-order valence-electron chi connectivity index (χ1n) is 7.19.